The zero-order valence-electron chi connectivity index (χ0n) is 14.9. The van der Waals surface area contributed by atoms with Crippen LogP contribution in [0.5, 0.6) is 0 Å². The largest absolute Gasteiger partial charge is 0.360 e. The van der Waals surface area contributed by atoms with E-state index in [1.165, 1.54) is 22.2 Å². The van der Waals surface area contributed by atoms with Gasteiger partial charge in [-0.3, -0.25) is 4.79 Å². The average Bonchev–Trinajstić information content (AvgIpc) is 2.64. The molecule has 2 N–H and O–H groups in total. The number of quaternary nitrogens is 1. The molecule has 4 nitrogen and oxygen atoms in total. The molecular formula is C20H24ClFN3O+. The Morgan fingerprint density at radius 3 is 2.69 bits per heavy atom. The topological polar surface area (TPSA) is 36.8 Å². The minimum atomic E-state index is -0.286. The quantitative estimate of drug-likeness (QED) is 0.835. The molecule has 0 aliphatic carbocycles. The Balaban J connectivity index is 1.47. The summed E-state index contributed by atoms with van der Waals surface area (Å²) in [7, 11) is 0. The molecule has 0 radical (unpaired) electrons. The summed E-state index contributed by atoms with van der Waals surface area (Å²) in [5, 5.41) is 3.56. The van der Waals surface area contributed by atoms with Gasteiger partial charge in [0, 0.05) is 22.8 Å². The lowest BCUT2D eigenvalue weighted by atomic mass is 10.1. The smallest absolute Gasteiger partial charge is 0.275 e. The van der Waals surface area contributed by atoms with Crippen molar-refractivity contribution in [3.05, 3.63) is 64.4 Å². The number of nitrogens with one attached hydrogen (secondary N) is 2. The Bertz CT molecular complexity index is 775. The van der Waals surface area contributed by atoms with Gasteiger partial charge >= 0.3 is 0 Å². The zero-order valence-corrected chi connectivity index (χ0v) is 15.7. The van der Waals surface area contributed by atoms with Gasteiger partial charge in [-0.15, -0.1) is 0 Å². The molecule has 1 amide bonds. The van der Waals surface area contributed by atoms with Crippen LogP contribution in [0.1, 0.15) is 11.1 Å². The molecule has 1 saturated heterocycles. The van der Waals surface area contributed by atoms with Crippen LogP contribution in [0.2, 0.25) is 5.02 Å². The van der Waals surface area contributed by atoms with Crippen molar-refractivity contribution in [2.75, 3.05) is 37.6 Å². The highest BCUT2D eigenvalue weighted by atomic mass is 35.5. The summed E-state index contributed by atoms with van der Waals surface area (Å²) in [6.07, 6.45) is 0. The number of benzene rings is 2. The van der Waals surface area contributed by atoms with Gasteiger partial charge in [0.1, 0.15) is 5.82 Å². The Morgan fingerprint density at radius 2 is 1.96 bits per heavy atom. The monoisotopic (exact) mass is 376 g/mol. The van der Waals surface area contributed by atoms with Gasteiger partial charge in [0.15, 0.2) is 6.54 Å². The Labute approximate surface area is 158 Å². The summed E-state index contributed by atoms with van der Waals surface area (Å²) >= 11 is 6.12. The predicted molar refractivity (Wildman–Crippen MR) is 102 cm³/mol. The molecular weight excluding hydrogens is 353 g/mol. The normalized spacial score (nSPS) is 15.1. The fourth-order valence-electron chi connectivity index (χ4n) is 3.29. The number of amides is 1. The second kappa shape index (κ2) is 8.52. The third-order valence-corrected chi connectivity index (χ3v) is 5.06. The van der Waals surface area contributed by atoms with E-state index in [-0.39, 0.29) is 18.3 Å². The van der Waals surface area contributed by atoms with Crippen LogP contribution in [0.3, 0.4) is 0 Å². The summed E-state index contributed by atoms with van der Waals surface area (Å²) in [5.74, 6) is -0.332. The molecule has 0 unspecified atom stereocenters. The third kappa shape index (κ3) is 4.74. The maximum Gasteiger partial charge on any atom is 0.275 e. The van der Waals surface area contributed by atoms with E-state index in [9.17, 15) is 9.18 Å². The lowest BCUT2D eigenvalue weighted by molar-refractivity contribution is -0.892. The number of piperazine rings is 1. The van der Waals surface area contributed by atoms with Crippen LogP contribution < -0.4 is 15.1 Å². The Kier molecular flexibility index (Phi) is 6.12. The first kappa shape index (κ1) is 18.7. The molecule has 0 bridgehead atoms. The number of hydrogen-bond donors (Lipinski definition) is 2. The van der Waals surface area contributed by atoms with Gasteiger partial charge in [-0.05, 0) is 30.7 Å². The molecule has 2 aromatic rings. The van der Waals surface area contributed by atoms with Crippen LogP contribution in [0.15, 0.2) is 42.5 Å². The molecule has 26 heavy (non-hydrogen) atoms. The van der Waals surface area contributed by atoms with Gasteiger partial charge in [-0.25, -0.2) is 4.39 Å². The molecule has 0 saturated carbocycles. The molecule has 138 valence electrons. The SMILES string of the molecule is Cc1ccc(Cl)cc1N1CC[NH+](CC(=O)NCc2ccccc2F)CC1. The van der Waals surface area contributed by atoms with Crippen LogP contribution in [-0.2, 0) is 11.3 Å². The zero-order chi connectivity index (χ0) is 18.5. The molecule has 3 rings (SSSR count). The van der Waals surface area contributed by atoms with Gasteiger partial charge in [0.25, 0.3) is 5.91 Å². The molecule has 1 aliphatic heterocycles. The van der Waals surface area contributed by atoms with Gasteiger partial charge < -0.3 is 15.1 Å². The maximum atomic E-state index is 13.6. The first-order chi connectivity index (χ1) is 12.5. The lowest BCUT2D eigenvalue weighted by Gasteiger charge is -2.34. The average molecular weight is 377 g/mol. The van der Waals surface area contributed by atoms with Crippen molar-refractivity contribution in [2.45, 2.75) is 13.5 Å². The van der Waals surface area contributed by atoms with E-state index in [4.69, 9.17) is 11.6 Å². The molecule has 0 spiro atoms. The number of halogens is 2. The van der Waals surface area contributed by atoms with Crippen LogP contribution in [-0.4, -0.2) is 38.6 Å². The van der Waals surface area contributed by atoms with E-state index in [1.807, 2.05) is 18.2 Å². The molecule has 1 heterocycles. The van der Waals surface area contributed by atoms with E-state index in [0.29, 0.717) is 12.1 Å². The summed E-state index contributed by atoms with van der Waals surface area (Å²) in [6.45, 7) is 6.27. The van der Waals surface area contributed by atoms with Crippen molar-refractivity contribution in [3.63, 3.8) is 0 Å². The van der Waals surface area contributed by atoms with Crippen molar-refractivity contribution in [3.8, 4) is 0 Å². The number of anilines is 1. The van der Waals surface area contributed by atoms with Gasteiger partial charge in [-0.1, -0.05) is 35.9 Å². The molecule has 2 aromatic carbocycles. The van der Waals surface area contributed by atoms with Crippen LogP contribution in [0.4, 0.5) is 10.1 Å². The predicted octanol–water partition coefficient (Wildman–Crippen LogP) is 1.81. The van der Waals surface area contributed by atoms with Crippen molar-refractivity contribution < 1.29 is 14.1 Å². The second-order valence-electron chi connectivity index (χ2n) is 6.71. The van der Waals surface area contributed by atoms with Crippen molar-refractivity contribution in [2.24, 2.45) is 0 Å². The van der Waals surface area contributed by atoms with E-state index >= 15 is 0 Å². The summed E-state index contributed by atoms with van der Waals surface area (Å²) in [4.78, 5) is 15.7. The fraction of sp³-hybridized carbons (Fsp3) is 0.350. The first-order valence-corrected chi connectivity index (χ1v) is 9.25. The van der Waals surface area contributed by atoms with E-state index in [1.54, 1.807) is 18.2 Å². The van der Waals surface area contributed by atoms with E-state index in [2.05, 4.69) is 17.1 Å². The van der Waals surface area contributed by atoms with Crippen LogP contribution in [0.25, 0.3) is 0 Å². The highest BCUT2D eigenvalue weighted by molar-refractivity contribution is 6.30. The van der Waals surface area contributed by atoms with E-state index < -0.39 is 0 Å². The van der Waals surface area contributed by atoms with E-state index in [0.717, 1.165) is 31.2 Å². The summed E-state index contributed by atoms with van der Waals surface area (Å²) < 4.78 is 13.6. The lowest BCUT2D eigenvalue weighted by Crippen LogP contribution is -3.15. The number of carbonyl (C=O) groups excluding carboxylic acids is 1. The first-order valence-electron chi connectivity index (χ1n) is 8.87. The van der Waals surface area contributed by atoms with Crippen LogP contribution in [0, 0.1) is 12.7 Å². The molecule has 1 fully saturated rings. The van der Waals surface area contributed by atoms with Crippen molar-refractivity contribution in [1.82, 2.24) is 5.32 Å². The highest BCUT2D eigenvalue weighted by Gasteiger charge is 2.23. The number of nitrogens with zero attached hydrogens (tertiary/aromatic N) is 1. The number of hydrogen-bond acceptors (Lipinski definition) is 2. The highest BCUT2D eigenvalue weighted by Crippen LogP contribution is 2.24. The maximum absolute atomic E-state index is 13.6. The van der Waals surface area contributed by atoms with Crippen LogP contribution >= 0.6 is 11.6 Å². The van der Waals surface area contributed by atoms with Crippen molar-refractivity contribution >= 4 is 23.2 Å². The Morgan fingerprint density at radius 1 is 1.23 bits per heavy atom. The summed E-state index contributed by atoms with van der Waals surface area (Å²) in [6, 6.07) is 12.5. The molecule has 0 atom stereocenters. The minimum absolute atomic E-state index is 0.0457. The molecule has 1 aliphatic rings. The van der Waals surface area contributed by atoms with Gasteiger partial charge in [0.05, 0.1) is 26.2 Å². The van der Waals surface area contributed by atoms with Gasteiger partial charge in [-0.2, -0.15) is 0 Å². The number of carbonyl (C=O) groups is 1. The fourth-order valence-corrected chi connectivity index (χ4v) is 3.46. The minimum Gasteiger partial charge on any atom is -0.360 e. The standard InChI is InChI=1S/C20H23ClFN3O/c1-15-6-7-17(21)12-19(15)25-10-8-24(9-11-25)14-20(26)23-13-16-4-2-3-5-18(16)22/h2-7,12H,8-11,13-14H2,1H3,(H,23,26)/p+1. The summed E-state index contributed by atoms with van der Waals surface area (Å²) in [5.41, 5.74) is 2.89. The number of aryl methyl sites for hydroxylation is 1. The van der Waals surface area contributed by atoms with Crippen molar-refractivity contribution in [1.29, 1.82) is 0 Å². The third-order valence-electron chi connectivity index (χ3n) is 4.83. The Hall–Kier alpha value is -2.11. The van der Waals surface area contributed by atoms with Gasteiger partial charge in [0.2, 0.25) is 0 Å². The number of rotatable bonds is 5. The second-order valence-corrected chi connectivity index (χ2v) is 7.15. The molecule has 0 aromatic heterocycles. The molecule has 6 heteroatoms.